The summed E-state index contributed by atoms with van der Waals surface area (Å²) in [6, 6.07) is 7.66. The Morgan fingerprint density at radius 1 is 1.32 bits per heavy atom. The number of ether oxygens (including phenoxy) is 4. The first-order valence-electron chi connectivity index (χ1n) is 7.26. The number of methoxy groups -OCH3 is 2. The van der Waals surface area contributed by atoms with Crippen molar-refractivity contribution < 1.29 is 28.8 Å². The first-order chi connectivity index (χ1) is 10.6. The molecule has 6 nitrogen and oxygen atoms in total. The minimum Gasteiger partial charge on any atom is -0.497 e. The molecule has 0 saturated carbocycles. The van der Waals surface area contributed by atoms with Gasteiger partial charge in [0, 0.05) is 13.0 Å². The van der Waals surface area contributed by atoms with Gasteiger partial charge in [-0.3, -0.25) is 0 Å². The van der Waals surface area contributed by atoms with E-state index < -0.39 is 18.2 Å². The fraction of sp³-hybridized carbons (Fsp3) is 0.562. The zero-order valence-corrected chi connectivity index (χ0v) is 12.9. The monoisotopic (exact) mass is 310 g/mol. The fourth-order valence-corrected chi connectivity index (χ4v) is 2.39. The van der Waals surface area contributed by atoms with Crippen molar-refractivity contribution in [2.75, 3.05) is 20.8 Å². The molecule has 1 saturated heterocycles. The molecule has 22 heavy (non-hydrogen) atoms. The lowest BCUT2D eigenvalue weighted by Gasteiger charge is -2.12. The third kappa shape index (κ3) is 4.43. The van der Waals surface area contributed by atoms with E-state index in [9.17, 15) is 9.90 Å². The molecule has 1 fully saturated rings. The Kier molecular flexibility index (Phi) is 6.18. The van der Waals surface area contributed by atoms with Crippen LogP contribution >= 0.6 is 0 Å². The van der Waals surface area contributed by atoms with Crippen LogP contribution in [0.25, 0.3) is 0 Å². The number of benzene rings is 1. The van der Waals surface area contributed by atoms with E-state index in [1.807, 2.05) is 24.3 Å². The maximum absolute atomic E-state index is 11.4. The number of hydrogen-bond acceptors (Lipinski definition) is 6. The van der Waals surface area contributed by atoms with Crippen LogP contribution in [-0.2, 0) is 25.6 Å². The average Bonchev–Trinajstić information content (AvgIpc) is 2.92. The number of aliphatic hydroxyl groups is 1. The highest BCUT2D eigenvalue weighted by Gasteiger charge is 2.39. The summed E-state index contributed by atoms with van der Waals surface area (Å²) in [6.07, 6.45) is -0.822. The van der Waals surface area contributed by atoms with E-state index in [1.165, 1.54) is 7.11 Å². The van der Waals surface area contributed by atoms with Gasteiger partial charge in [-0.2, -0.15) is 0 Å². The summed E-state index contributed by atoms with van der Waals surface area (Å²) in [7, 11) is 2.91. The van der Waals surface area contributed by atoms with Crippen molar-refractivity contribution in [1.82, 2.24) is 0 Å². The number of esters is 1. The number of aliphatic hydroxyl groups excluding tert-OH is 1. The lowest BCUT2D eigenvalue weighted by atomic mass is 10.1. The van der Waals surface area contributed by atoms with E-state index in [1.54, 1.807) is 7.11 Å². The van der Waals surface area contributed by atoms with Crippen molar-refractivity contribution in [3.8, 4) is 5.75 Å². The van der Waals surface area contributed by atoms with Gasteiger partial charge >= 0.3 is 5.97 Å². The molecule has 122 valence electrons. The van der Waals surface area contributed by atoms with E-state index in [0.29, 0.717) is 26.1 Å². The van der Waals surface area contributed by atoms with Crippen molar-refractivity contribution in [2.45, 2.75) is 37.8 Å². The summed E-state index contributed by atoms with van der Waals surface area (Å²) in [4.78, 5) is 11.4. The molecule has 0 amide bonds. The molecule has 1 aromatic carbocycles. The Hall–Kier alpha value is -1.63. The largest absolute Gasteiger partial charge is 0.497 e. The van der Waals surface area contributed by atoms with Crippen LogP contribution in [-0.4, -0.2) is 50.2 Å². The molecule has 0 unspecified atom stereocenters. The maximum atomic E-state index is 11.4. The molecule has 1 aromatic rings. The van der Waals surface area contributed by atoms with Crippen molar-refractivity contribution >= 4 is 5.97 Å². The highest BCUT2D eigenvalue weighted by atomic mass is 16.6. The van der Waals surface area contributed by atoms with E-state index in [-0.39, 0.29) is 6.10 Å². The summed E-state index contributed by atoms with van der Waals surface area (Å²) < 4.78 is 20.8. The molecule has 0 radical (unpaired) electrons. The number of carbonyl (C=O) groups excluding carboxylic acids is 1. The lowest BCUT2D eigenvalue weighted by molar-refractivity contribution is -0.157. The number of carbonyl (C=O) groups is 1. The van der Waals surface area contributed by atoms with Gasteiger partial charge in [0.2, 0.25) is 0 Å². The van der Waals surface area contributed by atoms with Crippen LogP contribution in [0, 0.1) is 0 Å². The molecule has 1 aliphatic heterocycles. The first kappa shape index (κ1) is 16.7. The molecule has 3 atom stereocenters. The first-order valence-corrected chi connectivity index (χ1v) is 7.26. The molecule has 1 heterocycles. The van der Waals surface area contributed by atoms with Crippen LogP contribution in [0.2, 0.25) is 0 Å². The Labute approximate surface area is 129 Å². The molecular formula is C16H22O6. The molecule has 1 aliphatic rings. The van der Waals surface area contributed by atoms with E-state index >= 15 is 0 Å². The third-order valence-electron chi connectivity index (χ3n) is 3.64. The molecule has 0 aliphatic carbocycles. The second-order valence-electron chi connectivity index (χ2n) is 5.19. The van der Waals surface area contributed by atoms with Crippen LogP contribution in [0.1, 0.15) is 18.4 Å². The Morgan fingerprint density at radius 2 is 2.05 bits per heavy atom. The van der Waals surface area contributed by atoms with Gasteiger partial charge < -0.3 is 24.1 Å². The van der Waals surface area contributed by atoms with Crippen molar-refractivity contribution in [3.05, 3.63) is 29.8 Å². The van der Waals surface area contributed by atoms with Gasteiger partial charge in [-0.1, -0.05) is 12.1 Å². The van der Waals surface area contributed by atoms with Gasteiger partial charge in [0.25, 0.3) is 0 Å². The zero-order chi connectivity index (χ0) is 15.9. The van der Waals surface area contributed by atoms with Crippen molar-refractivity contribution in [1.29, 1.82) is 0 Å². The summed E-state index contributed by atoms with van der Waals surface area (Å²) in [5.41, 5.74) is 1.06. The van der Waals surface area contributed by atoms with Gasteiger partial charge in [-0.25, -0.2) is 4.79 Å². The van der Waals surface area contributed by atoms with Gasteiger partial charge in [0.05, 0.1) is 33.0 Å². The second-order valence-corrected chi connectivity index (χ2v) is 5.19. The molecule has 0 bridgehead atoms. The van der Waals surface area contributed by atoms with Crippen LogP contribution in [0.4, 0.5) is 0 Å². The van der Waals surface area contributed by atoms with Gasteiger partial charge in [-0.05, 0) is 24.1 Å². The van der Waals surface area contributed by atoms with Crippen LogP contribution in [0.5, 0.6) is 5.75 Å². The van der Waals surface area contributed by atoms with Crippen LogP contribution in [0.3, 0.4) is 0 Å². The minimum atomic E-state index is -0.878. The number of rotatable bonds is 7. The maximum Gasteiger partial charge on any atom is 0.337 e. The quantitative estimate of drug-likeness (QED) is 0.604. The zero-order valence-electron chi connectivity index (χ0n) is 12.9. The van der Waals surface area contributed by atoms with Crippen molar-refractivity contribution in [2.24, 2.45) is 0 Å². The predicted molar refractivity (Wildman–Crippen MR) is 78.6 cm³/mol. The molecule has 6 heteroatoms. The SMILES string of the molecule is COC(=O)[C@@H]1O[C@H](CCOCc2ccc(OC)cc2)C[C@@H]1O. The van der Waals surface area contributed by atoms with Gasteiger partial charge in [-0.15, -0.1) is 0 Å². The normalized spacial score (nSPS) is 24.2. The fourth-order valence-electron chi connectivity index (χ4n) is 2.39. The summed E-state index contributed by atoms with van der Waals surface area (Å²) in [6.45, 7) is 0.997. The summed E-state index contributed by atoms with van der Waals surface area (Å²) >= 11 is 0. The molecular weight excluding hydrogens is 288 g/mol. The predicted octanol–water partition coefficient (Wildman–Crippen LogP) is 1.29. The number of hydrogen-bond donors (Lipinski definition) is 1. The third-order valence-corrected chi connectivity index (χ3v) is 3.64. The van der Waals surface area contributed by atoms with E-state index in [4.69, 9.17) is 14.2 Å². The second kappa shape index (κ2) is 8.12. The average molecular weight is 310 g/mol. The summed E-state index contributed by atoms with van der Waals surface area (Å²) in [5.74, 6) is 0.278. The van der Waals surface area contributed by atoms with E-state index in [2.05, 4.69) is 4.74 Å². The summed E-state index contributed by atoms with van der Waals surface area (Å²) in [5, 5.41) is 9.77. The Balaban J connectivity index is 1.67. The van der Waals surface area contributed by atoms with E-state index in [0.717, 1.165) is 11.3 Å². The minimum absolute atomic E-state index is 0.185. The topological polar surface area (TPSA) is 74.2 Å². The molecule has 1 N–H and O–H groups in total. The van der Waals surface area contributed by atoms with Gasteiger partial charge in [0.15, 0.2) is 6.10 Å². The standard InChI is InChI=1S/C16H22O6/c1-19-12-5-3-11(4-6-12)10-21-8-7-13-9-14(17)15(22-13)16(18)20-2/h3-6,13-15,17H,7-10H2,1-2H3/t13-,14+,15-/m1/s1. The molecule has 0 spiro atoms. The lowest BCUT2D eigenvalue weighted by Crippen LogP contribution is -2.31. The smallest absolute Gasteiger partial charge is 0.337 e. The molecule has 0 aromatic heterocycles. The Morgan fingerprint density at radius 3 is 2.68 bits per heavy atom. The van der Waals surface area contributed by atoms with Gasteiger partial charge in [0.1, 0.15) is 5.75 Å². The van der Waals surface area contributed by atoms with Crippen molar-refractivity contribution in [3.63, 3.8) is 0 Å². The molecule has 2 rings (SSSR count). The highest BCUT2D eigenvalue weighted by molar-refractivity contribution is 5.75. The van der Waals surface area contributed by atoms with Crippen LogP contribution in [0.15, 0.2) is 24.3 Å². The van der Waals surface area contributed by atoms with Crippen LogP contribution < -0.4 is 4.74 Å². The highest BCUT2D eigenvalue weighted by Crippen LogP contribution is 2.23. The Bertz CT molecular complexity index is 472.